The fraction of sp³-hybridized carbons (Fsp3) is 0.250. The summed E-state index contributed by atoms with van der Waals surface area (Å²) in [6.45, 7) is 0.0205. The summed E-state index contributed by atoms with van der Waals surface area (Å²) in [5.74, 6) is -1.81. The molecule has 4 rings (SSSR count). The van der Waals surface area contributed by atoms with Gasteiger partial charge in [-0.1, -0.05) is 11.6 Å². The first kappa shape index (κ1) is 29.4. The van der Waals surface area contributed by atoms with Crippen LogP contribution in [0.5, 0.6) is 0 Å². The van der Waals surface area contributed by atoms with Crippen LogP contribution in [0.4, 0.5) is 39.5 Å². The molecule has 2 aromatic heterocycles. The second-order valence-corrected chi connectivity index (χ2v) is 9.19. The number of benzene rings is 1. The number of hydrogen-bond acceptors (Lipinski definition) is 7. The highest BCUT2D eigenvalue weighted by Crippen LogP contribution is 2.31. The number of ether oxygens (including phenoxy) is 1. The molecule has 0 spiro atoms. The quantitative estimate of drug-likeness (QED) is 0.245. The second kappa shape index (κ2) is 11.5. The fourth-order valence-corrected chi connectivity index (χ4v) is 4.20. The van der Waals surface area contributed by atoms with Gasteiger partial charge in [-0.25, -0.2) is 14.2 Å². The van der Waals surface area contributed by atoms with Crippen molar-refractivity contribution < 1.29 is 36.8 Å². The molecule has 41 heavy (non-hydrogen) atoms. The summed E-state index contributed by atoms with van der Waals surface area (Å²) in [5, 5.41) is 16.3. The molecule has 3 aromatic rings. The maximum atomic E-state index is 15.0. The van der Waals surface area contributed by atoms with E-state index in [1.165, 1.54) is 25.4 Å². The number of nitro groups is 1. The van der Waals surface area contributed by atoms with Crippen LogP contribution >= 0.6 is 11.6 Å². The predicted octanol–water partition coefficient (Wildman–Crippen LogP) is 4.21. The molecule has 17 heteroatoms. The minimum Gasteiger partial charge on any atom is -0.380 e. The van der Waals surface area contributed by atoms with Gasteiger partial charge in [0.25, 0.3) is 0 Å². The number of pyridine rings is 2. The van der Waals surface area contributed by atoms with Crippen molar-refractivity contribution in [3.05, 3.63) is 85.7 Å². The largest absolute Gasteiger partial charge is 0.418 e. The fourth-order valence-electron chi connectivity index (χ4n) is 4.09. The summed E-state index contributed by atoms with van der Waals surface area (Å²) >= 11 is 5.79. The van der Waals surface area contributed by atoms with E-state index in [9.17, 15) is 37.7 Å². The monoisotopic (exact) mass is 598 g/mol. The molecule has 1 aliphatic heterocycles. The van der Waals surface area contributed by atoms with Crippen molar-refractivity contribution in [2.24, 2.45) is 0 Å². The number of hydrogen-bond donors (Lipinski definition) is 2. The Morgan fingerprint density at radius 3 is 2.51 bits per heavy atom. The molecule has 0 bridgehead atoms. The maximum absolute atomic E-state index is 15.0. The molecular weight excluding hydrogens is 580 g/mol. The molecule has 1 fully saturated rings. The normalized spacial score (nSPS) is 16.9. The summed E-state index contributed by atoms with van der Waals surface area (Å²) in [6, 6.07) is 3.81. The summed E-state index contributed by atoms with van der Waals surface area (Å²) in [5.41, 5.74) is -5.17. The molecule has 1 saturated heterocycles. The molecule has 3 amide bonds. The topological polar surface area (TPSA) is 149 Å². The third kappa shape index (κ3) is 6.44. The highest BCUT2D eigenvalue weighted by molar-refractivity contribution is 6.30. The number of nitrogens with zero attached hydrogens (tertiary/aromatic N) is 4. The maximum Gasteiger partial charge on any atom is 0.418 e. The minimum atomic E-state index is -5.03. The first-order valence-electron chi connectivity index (χ1n) is 11.6. The van der Waals surface area contributed by atoms with Crippen LogP contribution in [-0.4, -0.2) is 57.1 Å². The number of urea groups is 1. The van der Waals surface area contributed by atoms with E-state index in [0.717, 1.165) is 17.0 Å². The average Bonchev–Trinajstić information content (AvgIpc) is 3.35. The molecule has 0 aliphatic carbocycles. The summed E-state index contributed by atoms with van der Waals surface area (Å²) in [7, 11) is 1.39. The van der Waals surface area contributed by atoms with E-state index < -0.39 is 69.2 Å². The van der Waals surface area contributed by atoms with E-state index in [-0.39, 0.29) is 29.4 Å². The minimum absolute atomic E-state index is 0.0205. The lowest BCUT2D eigenvalue weighted by Crippen LogP contribution is -2.45. The molecule has 2 atom stereocenters. The Morgan fingerprint density at radius 2 is 1.93 bits per heavy atom. The van der Waals surface area contributed by atoms with Crippen molar-refractivity contribution in [1.29, 1.82) is 0 Å². The van der Waals surface area contributed by atoms with Crippen molar-refractivity contribution in [2.75, 3.05) is 24.3 Å². The molecule has 0 unspecified atom stereocenters. The van der Waals surface area contributed by atoms with Gasteiger partial charge in [-0.2, -0.15) is 13.2 Å². The number of carbonyl (C=O) groups excluding carboxylic acids is 2. The first-order valence-corrected chi connectivity index (χ1v) is 12.0. The van der Waals surface area contributed by atoms with Crippen molar-refractivity contribution in [1.82, 2.24) is 14.5 Å². The van der Waals surface area contributed by atoms with Gasteiger partial charge in [0.2, 0.25) is 5.91 Å². The van der Waals surface area contributed by atoms with Gasteiger partial charge in [-0.05, 0) is 24.3 Å². The Bertz CT molecular complexity index is 1570. The number of likely N-dealkylation sites (tertiary alicyclic amines) is 1. The standard InChI is InChI=1S/C24H19ClF4N6O6/c1-41-15-8-18(34(11-15)23(38)32-20-5-2-13(25)9-30-20)21(36)31-17-4-3-14(7-16(17)26)33-10-12(24(27,28)29)6-19(22(33)37)35(39)40/h2-7,9-10,15,18H,8,11H2,1H3,(H,31,36)(H,30,32,38)/t15-,18-/m1/s1. The highest BCUT2D eigenvalue weighted by atomic mass is 35.5. The van der Waals surface area contributed by atoms with Crippen molar-refractivity contribution in [3.8, 4) is 5.69 Å². The molecule has 216 valence electrons. The predicted molar refractivity (Wildman–Crippen MR) is 136 cm³/mol. The van der Waals surface area contributed by atoms with Crippen LogP contribution in [0, 0.1) is 15.9 Å². The van der Waals surface area contributed by atoms with Crippen LogP contribution in [0.2, 0.25) is 5.02 Å². The smallest absolute Gasteiger partial charge is 0.380 e. The summed E-state index contributed by atoms with van der Waals surface area (Å²) in [6.07, 6.45) is -3.88. The number of methoxy groups -OCH3 is 1. The van der Waals surface area contributed by atoms with Crippen LogP contribution < -0.4 is 16.2 Å². The number of aromatic nitrogens is 2. The summed E-state index contributed by atoms with van der Waals surface area (Å²) < 4.78 is 60.4. The molecule has 1 aliphatic rings. The van der Waals surface area contributed by atoms with Gasteiger partial charge in [-0.15, -0.1) is 0 Å². The Morgan fingerprint density at radius 1 is 1.20 bits per heavy atom. The van der Waals surface area contributed by atoms with E-state index in [2.05, 4.69) is 15.6 Å². The lowest BCUT2D eigenvalue weighted by molar-refractivity contribution is -0.386. The third-order valence-corrected chi connectivity index (χ3v) is 6.36. The SMILES string of the molecule is CO[C@@H]1C[C@H](C(=O)Nc2ccc(-n3cc(C(F)(F)F)cc([N+](=O)[O-])c3=O)cc2F)N(C(=O)Nc2ccc(Cl)cn2)C1. The number of amides is 3. The number of rotatable bonds is 6. The first-order chi connectivity index (χ1) is 19.3. The highest BCUT2D eigenvalue weighted by Gasteiger charge is 2.40. The lowest BCUT2D eigenvalue weighted by Gasteiger charge is -2.24. The van der Waals surface area contributed by atoms with Crippen LogP contribution in [-0.2, 0) is 15.7 Å². The molecule has 0 saturated carbocycles. The Labute approximate surface area is 232 Å². The van der Waals surface area contributed by atoms with Gasteiger partial charge in [0.05, 0.1) is 33.0 Å². The van der Waals surface area contributed by atoms with Crippen molar-refractivity contribution in [2.45, 2.75) is 24.7 Å². The van der Waals surface area contributed by atoms with E-state index >= 15 is 4.39 Å². The molecule has 1 aromatic carbocycles. The number of carbonyl (C=O) groups is 2. The zero-order valence-corrected chi connectivity index (χ0v) is 21.6. The van der Waals surface area contributed by atoms with Crippen molar-refractivity contribution >= 4 is 40.7 Å². The Balaban J connectivity index is 1.58. The van der Waals surface area contributed by atoms with Crippen molar-refractivity contribution in [3.63, 3.8) is 0 Å². The molecule has 0 radical (unpaired) electrons. The van der Waals surface area contributed by atoms with Gasteiger partial charge in [0, 0.05) is 44.6 Å². The Hall–Kier alpha value is -4.57. The Kier molecular flexibility index (Phi) is 8.25. The number of halogens is 5. The second-order valence-electron chi connectivity index (χ2n) is 8.75. The van der Waals surface area contributed by atoms with Crippen LogP contribution in [0.1, 0.15) is 12.0 Å². The lowest BCUT2D eigenvalue weighted by atomic mass is 10.1. The number of anilines is 2. The van der Waals surface area contributed by atoms with Crippen LogP contribution in [0.3, 0.4) is 0 Å². The van der Waals surface area contributed by atoms with Crippen LogP contribution in [0.25, 0.3) is 5.69 Å². The van der Waals surface area contributed by atoms with E-state index in [4.69, 9.17) is 16.3 Å². The van der Waals surface area contributed by atoms with E-state index in [0.29, 0.717) is 17.3 Å². The van der Waals surface area contributed by atoms with Gasteiger partial charge in [0.1, 0.15) is 17.7 Å². The molecular formula is C24H19ClF4N6O6. The molecule has 12 nitrogen and oxygen atoms in total. The van der Waals surface area contributed by atoms with Gasteiger partial charge in [-0.3, -0.25) is 29.6 Å². The number of nitrogens with one attached hydrogen (secondary N) is 2. The van der Waals surface area contributed by atoms with Gasteiger partial charge >= 0.3 is 23.5 Å². The third-order valence-electron chi connectivity index (χ3n) is 6.13. The van der Waals surface area contributed by atoms with Crippen LogP contribution in [0.15, 0.2) is 53.6 Å². The van der Waals surface area contributed by atoms with E-state index in [1.807, 2.05) is 0 Å². The average molecular weight is 599 g/mol. The molecule has 3 heterocycles. The number of alkyl halides is 3. The van der Waals surface area contributed by atoms with Gasteiger partial charge < -0.3 is 15.0 Å². The summed E-state index contributed by atoms with van der Waals surface area (Å²) in [4.78, 5) is 53.4. The van der Waals surface area contributed by atoms with Gasteiger partial charge in [0.15, 0.2) is 0 Å². The van der Waals surface area contributed by atoms with E-state index in [1.54, 1.807) is 0 Å². The zero-order valence-electron chi connectivity index (χ0n) is 20.8. The zero-order chi connectivity index (χ0) is 30.1. The molecule has 2 N–H and O–H groups in total.